The summed E-state index contributed by atoms with van der Waals surface area (Å²) in [5.41, 5.74) is -0.244. The molecule has 2 aromatic carbocycles. The van der Waals surface area contributed by atoms with E-state index in [2.05, 4.69) is 5.32 Å². The van der Waals surface area contributed by atoms with Crippen LogP contribution in [0.15, 0.2) is 53.4 Å². The Morgan fingerprint density at radius 1 is 0.917 bits per heavy atom. The summed E-state index contributed by atoms with van der Waals surface area (Å²) < 4.78 is 37.2. The van der Waals surface area contributed by atoms with Crippen LogP contribution in [0.2, 0.25) is 0 Å². The molecule has 2 aromatic rings. The fourth-order valence-electron chi connectivity index (χ4n) is 3.22. The van der Waals surface area contributed by atoms with E-state index in [1.807, 2.05) is 4.72 Å². The highest BCUT2D eigenvalue weighted by molar-refractivity contribution is 7.89. The average Bonchev–Trinajstić information content (AvgIpc) is 2.84. The Labute approximate surface area is 203 Å². The van der Waals surface area contributed by atoms with Gasteiger partial charge in [0.2, 0.25) is 22.2 Å². The molecule has 0 radical (unpaired) electrons. The van der Waals surface area contributed by atoms with Crippen LogP contribution in [0.5, 0.6) is 5.75 Å². The number of nitrogens with one attached hydrogen (secondary N) is 2. The van der Waals surface area contributed by atoms with Gasteiger partial charge >= 0.3 is 11.9 Å². The van der Waals surface area contributed by atoms with Gasteiger partial charge in [-0.3, -0.25) is 4.79 Å². The summed E-state index contributed by atoms with van der Waals surface area (Å²) >= 11 is 0. The Kier molecular flexibility index (Phi) is 8.24. The molecule has 0 spiro atoms. The van der Waals surface area contributed by atoms with Crippen molar-refractivity contribution in [3.8, 4) is 5.75 Å². The van der Waals surface area contributed by atoms with Crippen LogP contribution < -0.4 is 14.8 Å². The molecular formula is C21H22N2O12S. The minimum absolute atomic E-state index is 0.0516. The number of carbonyl (C=O) groups is 3. The standard InChI is InChI=1S/C21H22N2O12S/c24-14(9-22-36(32,33)13-4-2-1-3-12(13)19(28)29)23-10-5-7-11(8-6-10)34-21-17(27)15(25)16(26)18(35-21)20(30)31/h1-8,15-18,21-22,25-27H,9H2,(H,23,24)(H,28,29)(H,30,31)/t15-,16-,17+,18-,21+/m0/s1. The van der Waals surface area contributed by atoms with E-state index in [0.29, 0.717) is 0 Å². The van der Waals surface area contributed by atoms with Crippen molar-refractivity contribution in [2.75, 3.05) is 11.9 Å². The van der Waals surface area contributed by atoms with Crippen molar-refractivity contribution >= 4 is 33.6 Å². The molecule has 0 bridgehead atoms. The van der Waals surface area contributed by atoms with Crippen molar-refractivity contribution in [2.24, 2.45) is 0 Å². The predicted octanol–water partition coefficient (Wildman–Crippen LogP) is -1.43. The van der Waals surface area contributed by atoms with E-state index in [1.165, 1.54) is 36.4 Å². The second kappa shape index (κ2) is 11.0. The van der Waals surface area contributed by atoms with Gasteiger partial charge in [-0.1, -0.05) is 12.1 Å². The molecule has 15 heteroatoms. The monoisotopic (exact) mass is 526 g/mol. The highest BCUT2D eigenvalue weighted by atomic mass is 32.2. The summed E-state index contributed by atoms with van der Waals surface area (Å²) in [7, 11) is -4.30. The lowest BCUT2D eigenvalue weighted by Gasteiger charge is -2.38. The van der Waals surface area contributed by atoms with Crippen LogP contribution in [0.25, 0.3) is 0 Å². The maximum atomic E-state index is 12.4. The molecule has 0 aliphatic carbocycles. The van der Waals surface area contributed by atoms with Crippen LogP contribution in [0, 0.1) is 0 Å². The van der Waals surface area contributed by atoms with Gasteiger partial charge in [-0.15, -0.1) is 0 Å². The largest absolute Gasteiger partial charge is 0.479 e. The molecule has 14 nitrogen and oxygen atoms in total. The molecule has 1 fully saturated rings. The van der Waals surface area contributed by atoms with Gasteiger partial charge < -0.3 is 40.3 Å². The molecule has 1 amide bonds. The number of aliphatic carboxylic acids is 1. The summed E-state index contributed by atoms with van der Waals surface area (Å²) in [6.45, 7) is -0.701. The number of carbonyl (C=O) groups excluding carboxylic acids is 1. The third-order valence-electron chi connectivity index (χ3n) is 5.03. The van der Waals surface area contributed by atoms with Gasteiger partial charge in [-0.2, -0.15) is 0 Å². The molecule has 0 aromatic heterocycles. The number of anilines is 1. The first-order valence-corrected chi connectivity index (χ1v) is 11.7. The molecule has 1 aliphatic rings. The van der Waals surface area contributed by atoms with E-state index in [0.717, 1.165) is 12.1 Å². The SMILES string of the molecule is O=C(CNS(=O)(=O)c1ccccc1C(=O)O)Nc1ccc(O[C@@H]2O[C@H](C(=O)O)[C@@H](O)[C@H](O)[C@H]2O)cc1. The third kappa shape index (κ3) is 6.14. The zero-order valence-corrected chi connectivity index (χ0v) is 19.0. The van der Waals surface area contributed by atoms with E-state index in [9.17, 15) is 38.1 Å². The fraction of sp³-hybridized carbons (Fsp3) is 0.286. The maximum absolute atomic E-state index is 12.4. The zero-order chi connectivity index (χ0) is 26.6. The van der Waals surface area contributed by atoms with Crippen LogP contribution in [0.3, 0.4) is 0 Å². The van der Waals surface area contributed by atoms with E-state index < -0.39 is 75.6 Å². The average molecular weight is 526 g/mol. The Morgan fingerprint density at radius 2 is 1.56 bits per heavy atom. The van der Waals surface area contributed by atoms with Crippen molar-refractivity contribution in [1.82, 2.24) is 4.72 Å². The lowest BCUT2D eigenvalue weighted by molar-refractivity contribution is -0.271. The van der Waals surface area contributed by atoms with Crippen LogP contribution >= 0.6 is 0 Å². The summed E-state index contributed by atoms with van der Waals surface area (Å²) in [5, 5.41) is 50.2. The topological polar surface area (TPSA) is 229 Å². The number of aliphatic hydroxyl groups excluding tert-OH is 3. The van der Waals surface area contributed by atoms with Crippen molar-refractivity contribution in [3.05, 3.63) is 54.1 Å². The predicted molar refractivity (Wildman–Crippen MR) is 119 cm³/mol. The zero-order valence-electron chi connectivity index (χ0n) is 18.2. The third-order valence-corrected chi connectivity index (χ3v) is 6.49. The van der Waals surface area contributed by atoms with Crippen molar-refractivity contribution < 1.29 is 57.8 Å². The van der Waals surface area contributed by atoms with Crippen molar-refractivity contribution in [3.63, 3.8) is 0 Å². The summed E-state index contributed by atoms with van der Waals surface area (Å²) in [6.07, 6.45) is -8.92. The maximum Gasteiger partial charge on any atom is 0.337 e. The first kappa shape index (κ1) is 27.0. The normalized spacial score (nSPS) is 24.0. The highest BCUT2D eigenvalue weighted by Crippen LogP contribution is 2.25. The van der Waals surface area contributed by atoms with Gasteiger partial charge in [-0.05, 0) is 36.4 Å². The number of aromatic carboxylic acids is 1. The molecule has 3 rings (SSSR count). The summed E-state index contributed by atoms with van der Waals surface area (Å²) in [4.78, 5) is 34.1. The lowest BCUT2D eigenvalue weighted by Crippen LogP contribution is -2.61. The molecule has 36 heavy (non-hydrogen) atoms. The second-order valence-corrected chi connectivity index (χ2v) is 9.29. The highest BCUT2D eigenvalue weighted by Gasteiger charge is 2.48. The summed E-state index contributed by atoms with van der Waals surface area (Å²) in [6, 6.07) is 10.2. The minimum atomic E-state index is -4.30. The minimum Gasteiger partial charge on any atom is -0.479 e. The smallest absolute Gasteiger partial charge is 0.337 e. The van der Waals surface area contributed by atoms with Crippen molar-refractivity contribution in [1.29, 1.82) is 0 Å². The van der Waals surface area contributed by atoms with Gasteiger partial charge in [-0.25, -0.2) is 22.7 Å². The molecular weight excluding hydrogens is 504 g/mol. The number of sulfonamides is 1. The fourth-order valence-corrected chi connectivity index (χ4v) is 4.40. The van der Waals surface area contributed by atoms with E-state index >= 15 is 0 Å². The number of carboxylic acids is 2. The molecule has 0 unspecified atom stereocenters. The van der Waals surface area contributed by atoms with E-state index in [-0.39, 0.29) is 11.4 Å². The van der Waals surface area contributed by atoms with Crippen LogP contribution in [0.1, 0.15) is 10.4 Å². The van der Waals surface area contributed by atoms with E-state index in [4.69, 9.17) is 19.7 Å². The van der Waals surface area contributed by atoms with Crippen LogP contribution in [-0.2, 0) is 24.3 Å². The first-order chi connectivity index (χ1) is 16.9. The van der Waals surface area contributed by atoms with E-state index in [1.54, 1.807) is 0 Å². The van der Waals surface area contributed by atoms with Gasteiger partial charge in [0.15, 0.2) is 6.10 Å². The molecule has 1 heterocycles. The molecule has 1 aliphatic heterocycles. The molecule has 5 atom stereocenters. The van der Waals surface area contributed by atoms with Gasteiger partial charge in [0.05, 0.1) is 17.0 Å². The van der Waals surface area contributed by atoms with Gasteiger partial charge in [0.1, 0.15) is 24.1 Å². The van der Waals surface area contributed by atoms with Crippen molar-refractivity contribution in [2.45, 2.75) is 35.6 Å². The number of rotatable bonds is 9. The quantitative estimate of drug-likeness (QED) is 0.199. The lowest BCUT2D eigenvalue weighted by atomic mass is 9.99. The second-order valence-electron chi connectivity index (χ2n) is 7.55. The first-order valence-electron chi connectivity index (χ1n) is 10.2. The molecule has 1 saturated heterocycles. The Hall–Kier alpha value is -3.60. The number of benzene rings is 2. The van der Waals surface area contributed by atoms with Crippen LogP contribution in [0.4, 0.5) is 5.69 Å². The Balaban J connectivity index is 1.59. The number of amides is 1. The summed E-state index contributed by atoms with van der Waals surface area (Å²) in [5.74, 6) is -3.73. The van der Waals surface area contributed by atoms with Gasteiger partial charge in [0.25, 0.3) is 0 Å². The number of ether oxygens (including phenoxy) is 2. The van der Waals surface area contributed by atoms with Gasteiger partial charge in [0, 0.05) is 5.69 Å². The molecule has 7 N–H and O–H groups in total. The number of aliphatic hydroxyl groups is 3. The molecule has 0 saturated carbocycles. The van der Waals surface area contributed by atoms with Crippen LogP contribution in [-0.4, -0.2) is 89.0 Å². The number of carboxylic acid groups (broad SMARTS) is 2. The Bertz CT molecular complexity index is 1230. The number of hydrogen-bond acceptors (Lipinski definition) is 10. The Morgan fingerprint density at radius 3 is 2.17 bits per heavy atom. The number of hydrogen-bond donors (Lipinski definition) is 7. The molecule has 194 valence electrons.